The molecule has 0 aliphatic carbocycles. The van der Waals surface area contributed by atoms with Gasteiger partial charge in [0.25, 0.3) is 0 Å². The Balaban J connectivity index is 1.17. The number of fused-ring (bicyclic) bond motifs is 3. The average Bonchev–Trinajstić information content (AvgIpc) is 3.18. The molecule has 0 saturated carbocycles. The zero-order valence-electron chi connectivity index (χ0n) is 27.5. The zero-order valence-corrected chi connectivity index (χ0v) is 27.5. The Bertz CT molecular complexity index is 2610. The Morgan fingerprint density at radius 1 is 0.240 bits per heavy atom. The fraction of sp³-hybridized carbons (Fsp3) is 0. The van der Waals surface area contributed by atoms with Gasteiger partial charge < -0.3 is 9.80 Å². The molecule has 0 fully saturated rings. The van der Waals surface area contributed by atoms with Crippen LogP contribution in [0.4, 0.5) is 34.1 Å². The molecule has 0 aliphatic rings. The lowest BCUT2D eigenvalue weighted by molar-refractivity contribution is 1.25. The van der Waals surface area contributed by atoms with Crippen LogP contribution in [0.15, 0.2) is 206 Å². The molecule has 0 amide bonds. The molecule has 0 heterocycles. The minimum absolute atomic E-state index is 1.08. The van der Waals surface area contributed by atoms with Crippen molar-refractivity contribution in [3.05, 3.63) is 206 Å². The molecule has 0 atom stereocenters. The third-order valence-corrected chi connectivity index (χ3v) is 9.55. The van der Waals surface area contributed by atoms with Crippen LogP contribution in [0.5, 0.6) is 0 Å². The Morgan fingerprint density at radius 2 is 0.680 bits per heavy atom. The van der Waals surface area contributed by atoms with Crippen LogP contribution < -0.4 is 9.80 Å². The van der Waals surface area contributed by atoms with Crippen molar-refractivity contribution >= 4 is 66.4 Å². The van der Waals surface area contributed by atoms with Gasteiger partial charge >= 0.3 is 0 Å². The minimum atomic E-state index is 1.08. The molecule has 50 heavy (non-hydrogen) atoms. The van der Waals surface area contributed by atoms with Gasteiger partial charge in [0.05, 0.1) is 0 Å². The van der Waals surface area contributed by atoms with Gasteiger partial charge in [-0.3, -0.25) is 0 Å². The van der Waals surface area contributed by atoms with E-state index in [0.717, 1.165) is 34.1 Å². The van der Waals surface area contributed by atoms with Crippen LogP contribution in [0.3, 0.4) is 0 Å². The third kappa shape index (κ3) is 5.53. The molecular formula is C48H34N2. The first kappa shape index (κ1) is 29.5. The number of benzene rings is 9. The second-order valence-corrected chi connectivity index (χ2v) is 12.7. The molecule has 0 spiro atoms. The van der Waals surface area contributed by atoms with E-state index in [4.69, 9.17) is 0 Å². The Hall–Kier alpha value is -6.64. The summed E-state index contributed by atoms with van der Waals surface area (Å²) >= 11 is 0. The summed E-state index contributed by atoms with van der Waals surface area (Å²) < 4.78 is 0. The molecule has 0 N–H and O–H groups in total. The Labute approximate surface area is 292 Å². The summed E-state index contributed by atoms with van der Waals surface area (Å²) in [6, 6.07) is 74.2. The number of para-hydroxylation sites is 2. The average molecular weight is 639 g/mol. The molecule has 0 radical (unpaired) electrons. The SMILES string of the molecule is c1ccc(N(c2cccc(N(c3ccccc3)c3ccc4c(-c5ccc6ccccc6c5)cccc4c3)c2)c2ccc3ccccc3c2)cc1. The van der Waals surface area contributed by atoms with Crippen molar-refractivity contribution in [1.29, 1.82) is 0 Å². The fourth-order valence-electron chi connectivity index (χ4n) is 7.15. The van der Waals surface area contributed by atoms with Gasteiger partial charge in [0.15, 0.2) is 0 Å². The molecule has 0 aliphatic heterocycles. The summed E-state index contributed by atoms with van der Waals surface area (Å²) in [4.78, 5) is 4.70. The summed E-state index contributed by atoms with van der Waals surface area (Å²) in [5.41, 5.74) is 9.07. The molecular weight excluding hydrogens is 605 g/mol. The van der Waals surface area contributed by atoms with E-state index in [-0.39, 0.29) is 0 Å². The van der Waals surface area contributed by atoms with Crippen molar-refractivity contribution in [2.24, 2.45) is 0 Å². The van der Waals surface area contributed by atoms with Crippen molar-refractivity contribution in [2.45, 2.75) is 0 Å². The minimum Gasteiger partial charge on any atom is -0.310 e. The van der Waals surface area contributed by atoms with Crippen molar-refractivity contribution in [1.82, 2.24) is 0 Å². The highest BCUT2D eigenvalue weighted by molar-refractivity contribution is 6.01. The van der Waals surface area contributed by atoms with Gasteiger partial charge in [-0.25, -0.2) is 0 Å². The maximum atomic E-state index is 2.36. The van der Waals surface area contributed by atoms with Crippen LogP contribution in [-0.4, -0.2) is 0 Å². The van der Waals surface area contributed by atoms with Crippen molar-refractivity contribution in [2.75, 3.05) is 9.80 Å². The summed E-state index contributed by atoms with van der Waals surface area (Å²) in [7, 11) is 0. The summed E-state index contributed by atoms with van der Waals surface area (Å²) in [5.74, 6) is 0. The van der Waals surface area contributed by atoms with Gasteiger partial charge in [-0.2, -0.15) is 0 Å². The molecule has 9 rings (SSSR count). The van der Waals surface area contributed by atoms with Gasteiger partial charge in [-0.05, 0) is 116 Å². The second kappa shape index (κ2) is 12.8. The molecule has 236 valence electrons. The van der Waals surface area contributed by atoms with Crippen LogP contribution in [0.2, 0.25) is 0 Å². The molecule has 0 aromatic heterocycles. The van der Waals surface area contributed by atoms with Gasteiger partial charge in [0, 0.05) is 34.1 Å². The van der Waals surface area contributed by atoms with Crippen molar-refractivity contribution in [3.8, 4) is 11.1 Å². The molecule has 2 heteroatoms. The first-order valence-corrected chi connectivity index (χ1v) is 17.1. The van der Waals surface area contributed by atoms with Crippen LogP contribution in [0.25, 0.3) is 43.4 Å². The maximum Gasteiger partial charge on any atom is 0.0482 e. The zero-order chi connectivity index (χ0) is 33.3. The summed E-state index contributed by atoms with van der Waals surface area (Å²) in [5, 5.41) is 7.39. The largest absolute Gasteiger partial charge is 0.310 e. The van der Waals surface area contributed by atoms with Crippen LogP contribution in [-0.2, 0) is 0 Å². The van der Waals surface area contributed by atoms with Crippen molar-refractivity contribution in [3.63, 3.8) is 0 Å². The first-order chi connectivity index (χ1) is 24.8. The standard InChI is InChI=1S/C48H34N2/c1-3-18-41(19-4-1)49(45-28-27-36-14-8-10-16-38(36)32-45)43-22-12-23-44(34-43)50(42-20-5-2-6-21-42)46-29-30-48-39(33-46)17-11-24-47(48)40-26-25-35-13-7-9-15-37(35)31-40/h1-34H. The monoisotopic (exact) mass is 638 g/mol. The van der Waals surface area contributed by atoms with E-state index in [2.05, 4.69) is 216 Å². The second-order valence-electron chi connectivity index (χ2n) is 12.7. The van der Waals surface area contributed by atoms with Crippen LogP contribution in [0, 0.1) is 0 Å². The number of nitrogens with zero attached hydrogens (tertiary/aromatic N) is 2. The topological polar surface area (TPSA) is 6.48 Å². The fourth-order valence-corrected chi connectivity index (χ4v) is 7.15. The Morgan fingerprint density at radius 3 is 1.32 bits per heavy atom. The van der Waals surface area contributed by atoms with E-state index in [0.29, 0.717) is 0 Å². The smallest absolute Gasteiger partial charge is 0.0482 e. The van der Waals surface area contributed by atoms with E-state index in [1.165, 1.54) is 43.4 Å². The van der Waals surface area contributed by atoms with E-state index >= 15 is 0 Å². The van der Waals surface area contributed by atoms with Crippen molar-refractivity contribution < 1.29 is 0 Å². The normalized spacial score (nSPS) is 11.2. The van der Waals surface area contributed by atoms with Crippen LogP contribution in [0.1, 0.15) is 0 Å². The van der Waals surface area contributed by atoms with E-state index < -0.39 is 0 Å². The highest BCUT2D eigenvalue weighted by Crippen LogP contribution is 2.42. The molecule has 0 saturated heterocycles. The van der Waals surface area contributed by atoms with Gasteiger partial charge in [0.1, 0.15) is 0 Å². The first-order valence-electron chi connectivity index (χ1n) is 17.1. The Kier molecular flexibility index (Phi) is 7.53. The number of rotatable bonds is 7. The molecule has 9 aromatic rings. The summed E-state index contributed by atoms with van der Waals surface area (Å²) in [6.07, 6.45) is 0. The van der Waals surface area contributed by atoms with E-state index in [1.54, 1.807) is 0 Å². The molecule has 2 nitrogen and oxygen atoms in total. The van der Waals surface area contributed by atoms with E-state index in [1.807, 2.05) is 0 Å². The predicted octanol–water partition coefficient (Wildman–Crippen LogP) is 13.8. The third-order valence-electron chi connectivity index (χ3n) is 9.55. The number of hydrogen-bond acceptors (Lipinski definition) is 2. The van der Waals surface area contributed by atoms with E-state index in [9.17, 15) is 0 Å². The van der Waals surface area contributed by atoms with Crippen LogP contribution >= 0.6 is 0 Å². The molecule has 0 unspecified atom stereocenters. The predicted molar refractivity (Wildman–Crippen MR) is 214 cm³/mol. The number of hydrogen-bond donors (Lipinski definition) is 0. The quantitative estimate of drug-likeness (QED) is 0.171. The molecule has 9 aromatic carbocycles. The van der Waals surface area contributed by atoms with Gasteiger partial charge in [-0.1, -0.05) is 133 Å². The van der Waals surface area contributed by atoms with Gasteiger partial charge in [-0.15, -0.1) is 0 Å². The lowest BCUT2D eigenvalue weighted by atomic mass is 9.96. The maximum absolute atomic E-state index is 2.36. The highest BCUT2D eigenvalue weighted by atomic mass is 15.2. The lowest BCUT2D eigenvalue weighted by Crippen LogP contribution is -2.13. The highest BCUT2D eigenvalue weighted by Gasteiger charge is 2.18. The molecule has 0 bridgehead atoms. The summed E-state index contributed by atoms with van der Waals surface area (Å²) in [6.45, 7) is 0. The van der Waals surface area contributed by atoms with Gasteiger partial charge in [0.2, 0.25) is 0 Å². The number of anilines is 6. The lowest BCUT2D eigenvalue weighted by Gasteiger charge is -2.29.